The highest BCUT2D eigenvalue weighted by atomic mass is 32.2. The Labute approximate surface area is 186 Å². The molecule has 4 rings (SSSR count). The van der Waals surface area contributed by atoms with E-state index in [1.54, 1.807) is 13.2 Å². The standard InChI is InChI=1S/C24H25N3O3S/c1-26-12-14-27(15-13-26)24-25-23(28)22(31-24)11-9-18-8-10-20(21(16-18)29-2)30-17-19-6-4-3-5-7-19/h3-10,16H,12-15,17H2,1-2H3. The highest BCUT2D eigenvalue weighted by Gasteiger charge is 2.27. The first-order valence-electron chi connectivity index (χ1n) is 10.2. The van der Waals surface area contributed by atoms with Gasteiger partial charge in [0.05, 0.1) is 7.11 Å². The summed E-state index contributed by atoms with van der Waals surface area (Å²) < 4.78 is 11.4. The third-order valence-electron chi connectivity index (χ3n) is 5.15. The minimum absolute atomic E-state index is 0.232. The van der Waals surface area contributed by atoms with Gasteiger partial charge in [0, 0.05) is 26.2 Å². The lowest BCUT2D eigenvalue weighted by Crippen LogP contribution is -2.46. The molecule has 0 saturated carbocycles. The van der Waals surface area contributed by atoms with Gasteiger partial charge >= 0.3 is 0 Å². The predicted molar refractivity (Wildman–Crippen MR) is 124 cm³/mol. The van der Waals surface area contributed by atoms with Gasteiger partial charge in [-0.3, -0.25) is 4.79 Å². The number of methoxy groups -OCH3 is 1. The van der Waals surface area contributed by atoms with Crippen molar-refractivity contribution >= 4 is 28.9 Å². The van der Waals surface area contributed by atoms with E-state index >= 15 is 0 Å². The summed E-state index contributed by atoms with van der Waals surface area (Å²) in [6, 6.07) is 15.6. The van der Waals surface area contributed by atoms with Gasteiger partial charge in [0.2, 0.25) is 0 Å². The van der Waals surface area contributed by atoms with Crippen LogP contribution in [0.15, 0.2) is 64.2 Å². The van der Waals surface area contributed by atoms with E-state index in [1.807, 2.05) is 48.5 Å². The maximum absolute atomic E-state index is 12.3. The number of ether oxygens (including phenoxy) is 2. The number of likely N-dealkylation sites (N-methyl/N-ethyl adjacent to an activating group) is 1. The van der Waals surface area contributed by atoms with Gasteiger partial charge in [-0.05, 0) is 48.1 Å². The average molecular weight is 436 g/mol. The van der Waals surface area contributed by atoms with Crippen LogP contribution in [0.2, 0.25) is 0 Å². The zero-order chi connectivity index (χ0) is 21.6. The first-order valence-corrected chi connectivity index (χ1v) is 11.0. The maximum atomic E-state index is 12.3. The molecule has 0 radical (unpaired) electrons. The van der Waals surface area contributed by atoms with Crippen molar-refractivity contribution in [1.29, 1.82) is 0 Å². The number of hydrogen-bond donors (Lipinski definition) is 0. The van der Waals surface area contributed by atoms with Crippen LogP contribution in [0.1, 0.15) is 11.1 Å². The monoisotopic (exact) mass is 435 g/mol. The van der Waals surface area contributed by atoms with Crippen LogP contribution in [-0.4, -0.2) is 61.2 Å². The van der Waals surface area contributed by atoms with Crippen LogP contribution in [-0.2, 0) is 11.4 Å². The second kappa shape index (κ2) is 9.88. The van der Waals surface area contributed by atoms with Gasteiger partial charge in [-0.25, -0.2) is 0 Å². The molecule has 0 spiro atoms. The number of aliphatic imine (C=N–C) groups is 1. The average Bonchev–Trinajstić information content (AvgIpc) is 3.18. The molecular weight excluding hydrogens is 410 g/mol. The van der Waals surface area contributed by atoms with E-state index in [1.165, 1.54) is 11.8 Å². The predicted octanol–water partition coefficient (Wildman–Crippen LogP) is 3.65. The van der Waals surface area contributed by atoms with Crippen molar-refractivity contribution in [2.75, 3.05) is 40.3 Å². The van der Waals surface area contributed by atoms with Crippen molar-refractivity contribution in [3.05, 3.63) is 70.3 Å². The van der Waals surface area contributed by atoms with Gasteiger partial charge in [-0.1, -0.05) is 42.1 Å². The lowest BCUT2D eigenvalue weighted by molar-refractivity contribution is -0.113. The topological polar surface area (TPSA) is 54.4 Å². The molecule has 160 valence electrons. The Kier molecular flexibility index (Phi) is 6.77. The molecule has 0 aliphatic carbocycles. The van der Waals surface area contributed by atoms with E-state index < -0.39 is 0 Å². The zero-order valence-corrected chi connectivity index (χ0v) is 18.5. The van der Waals surface area contributed by atoms with Gasteiger partial charge in [-0.15, -0.1) is 0 Å². The number of amides is 1. The minimum atomic E-state index is -0.232. The Morgan fingerprint density at radius 3 is 2.61 bits per heavy atom. The van der Waals surface area contributed by atoms with Crippen molar-refractivity contribution in [3.63, 3.8) is 0 Å². The third-order valence-corrected chi connectivity index (χ3v) is 6.18. The highest BCUT2D eigenvalue weighted by Crippen LogP contribution is 2.31. The summed E-state index contributed by atoms with van der Waals surface area (Å²) in [4.78, 5) is 21.5. The summed E-state index contributed by atoms with van der Waals surface area (Å²) in [7, 11) is 3.72. The van der Waals surface area contributed by atoms with Crippen molar-refractivity contribution in [3.8, 4) is 11.5 Å². The summed E-state index contributed by atoms with van der Waals surface area (Å²) in [6.45, 7) is 4.18. The smallest absolute Gasteiger partial charge is 0.294 e. The minimum Gasteiger partial charge on any atom is -0.493 e. The Morgan fingerprint density at radius 1 is 1.10 bits per heavy atom. The molecule has 0 bridgehead atoms. The summed E-state index contributed by atoms with van der Waals surface area (Å²) in [5.41, 5.74) is 5.07. The number of thioether (sulfide) groups is 1. The molecule has 7 heteroatoms. The molecule has 2 aliphatic rings. The fraction of sp³-hybridized carbons (Fsp3) is 0.292. The van der Waals surface area contributed by atoms with Crippen LogP contribution in [0, 0.1) is 0 Å². The van der Waals surface area contributed by atoms with Crippen LogP contribution in [0.5, 0.6) is 11.5 Å². The van der Waals surface area contributed by atoms with E-state index in [2.05, 4.69) is 27.6 Å². The van der Waals surface area contributed by atoms with Gasteiger partial charge in [0.15, 0.2) is 16.7 Å². The number of rotatable bonds is 5. The molecule has 0 atom stereocenters. The van der Waals surface area contributed by atoms with Crippen molar-refractivity contribution in [2.45, 2.75) is 6.61 Å². The largest absolute Gasteiger partial charge is 0.493 e. The molecule has 1 amide bonds. The quantitative estimate of drug-likeness (QED) is 0.528. The highest BCUT2D eigenvalue weighted by molar-refractivity contribution is 8.18. The number of benzene rings is 2. The molecule has 31 heavy (non-hydrogen) atoms. The van der Waals surface area contributed by atoms with Crippen LogP contribution in [0.4, 0.5) is 0 Å². The van der Waals surface area contributed by atoms with E-state index in [0.29, 0.717) is 23.0 Å². The van der Waals surface area contributed by atoms with Crippen molar-refractivity contribution in [1.82, 2.24) is 9.80 Å². The van der Waals surface area contributed by atoms with Crippen molar-refractivity contribution in [2.24, 2.45) is 4.99 Å². The molecular formula is C24H25N3O3S. The number of nitrogens with zero attached hydrogens (tertiary/aromatic N) is 3. The molecule has 1 fully saturated rings. The number of carbonyl (C=O) groups excluding carboxylic acids is 1. The fourth-order valence-corrected chi connectivity index (χ4v) is 4.17. The Balaban J connectivity index is 1.43. The molecule has 2 aromatic rings. The lowest BCUT2D eigenvalue weighted by atomic mass is 10.2. The van der Waals surface area contributed by atoms with Crippen LogP contribution >= 0.6 is 11.8 Å². The normalized spacial score (nSPS) is 16.7. The SMILES string of the molecule is COc1cc(C=C=C2SC(N3CCN(C)CC3)=NC2=O)ccc1OCc1ccccc1. The van der Waals surface area contributed by atoms with Crippen LogP contribution in [0.3, 0.4) is 0 Å². The number of carbonyl (C=O) groups is 1. The number of amidine groups is 1. The first kappa shape index (κ1) is 21.2. The summed E-state index contributed by atoms with van der Waals surface area (Å²) in [5, 5.41) is 0.774. The molecule has 0 unspecified atom stereocenters. The summed E-state index contributed by atoms with van der Waals surface area (Å²) in [5.74, 6) is 1.07. The third kappa shape index (κ3) is 5.39. The molecule has 1 saturated heterocycles. The molecule has 2 aliphatic heterocycles. The molecule has 0 N–H and O–H groups in total. The number of piperazine rings is 1. The first-order chi connectivity index (χ1) is 15.1. The molecule has 2 heterocycles. The van der Waals surface area contributed by atoms with Gasteiger partial charge < -0.3 is 19.3 Å². The molecule has 6 nitrogen and oxygen atoms in total. The molecule has 0 aromatic heterocycles. The second-order valence-electron chi connectivity index (χ2n) is 7.39. The van der Waals surface area contributed by atoms with Gasteiger partial charge in [0.25, 0.3) is 5.91 Å². The molecule has 2 aromatic carbocycles. The summed E-state index contributed by atoms with van der Waals surface area (Å²) >= 11 is 1.39. The Morgan fingerprint density at radius 2 is 1.87 bits per heavy atom. The van der Waals surface area contributed by atoms with E-state index in [9.17, 15) is 4.79 Å². The lowest BCUT2D eigenvalue weighted by Gasteiger charge is -2.32. The van der Waals surface area contributed by atoms with Crippen molar-refractivity contribution < 1.29 is 14.3 Å². The van der Waals surface area contributed by atoms with Gasteiger partial charge in [-0.2, -0.15) is 4.99 Å². The van der Waals surface area contributed by atoms with Crippen LogP contribution < -0.4 is 9.47 Å². The summed E-state index contributed by atoms with van der Waals surface area (Å²) in [6.07, 6.45) is 1.78. The van der Waals surface area contributed by atoms with E-state index in [4.69, 9.17) is 9.47 Å². The van der Waals surface area contributed by atoms with E-state index in [0.717, 1.165) is 42.5 Å². The Hall–Kier alpha value is -2.99. The number of hydrogen-bond acceptors (Lipinski definition) is 6. The van der Waals surface area contributed by atoms with E-state index in [-0.39, 0.29) is 5.91 Å². The second-order valence-corrected chi connectivity index (χ2v) is 8.37. The van der Waals surface area contributed by atoms with Crippen LogP contribution in [0.25, 0.3) is 6.08 Å². The maximum Gasteiger partial charge on any atom is 0.294 e. The zero-order valence-electron chi connectivity index (χ0n) is 17.7. The fourth-order valence-electron chi connectivity index (χ4n) is 3.30. The Bertz CT molecular complexity index is 1040. The van der Waals surface area contributed by atoms with Gasteiger partial charge in [0.1, 0.15) is 11.5 Å².